The van der Waals surface area contributed by atoms with E-state index in [1.165, 1.54) is 5.56 Å². The minimum absolute atomic E-state index is 0.0406. The molecule has 3 heteroatoms. The summed E-state index contributed by atoms with van der Waals surface area (Å²) in [4.78, 5) is 0. The zero-order chi connectivity index (χ0) is 14.3. The highest BCUT2D eigenvalue weighted by Crippen LogP contribution is 2.56. The standard InChI is InChI=1S/C14H21NO2.C2H6/c1-13(2)11-5-4-10(16)7-14(11,3)6-9-8-15-17-12(9)13;1-2/h8,10-11,16H,4-7H2,1-3H3;1-2H3. The smallest absolute Gasteiger partial charge is 0.145 e. The molecule has 0 aromatic carbocycles. The summed E-state index contributed by atoms with van der Waals surface area (Å²) in [5.41, 5.74) is 1.47. The van der Waals surface area contributed by atoms with Gasteiger partial charge < -0.3 is 9.63 Å². The van der Waals surface area contributed by atoms with Crippen LogP contribution in [0.25, 0.3) is 0 Å². The van der Waals surface area contributed by atoms with Crippen LogP contribution in [0.4, 0.5) is 0 Å². The lowest BCUT2D eigenvalue weighted by atomic mass is 9.51. The summed E-state index contributed by atoms with van der Waals surface area (Å²) in [6, 6.07) is 0. The fourth-order valence-electron chi connectivity index (χ4n) is 4.43. The van der Waals surface area contributed by atoms with Crippen molar-refractivity contribution in [2.45, 2.75) is 71.8 Å². The van der Waals surface area contributed by atoms with Gasteiger partial charge in [0.2, 0.25) is 0 Å². The maximum atomic E-state index is 9.94. The van der Waals surface area contributed by atoms with Crippen LogP contribution in [0, 0.1) is 11.3 Å². The van der Waals surface area contributed by atoms with Crippen LogP contribution in [0.15, 0.2) is 10.7 Å². The molecule has 2 aliphatic rings. The zero-order valence-electron chi connectivity index (χ0n) is 12.9. The van der Waals surface area contributed by atoms with Gasteiger partial charge >= 0.3 is 0 Å². The van der Waals surface area contributed by atoms with Gasteiger partial charge in [0.25, 0.3) is 0 Å². The highest BCUT2D eigenvalue weighted by atomic mass is 16.5. The average molecular weight is 265 g/mol. The second-order valence-corrected chi connectivity index (χ2v) is 6.72. The molecule has 1 saturated carbocycles. The monoisotopic (exact) mass is 265 g/mol. The second kappa shape index (κ2) is 4.93. The Balaban J connectivity index is 0.000000637. The maximum Gasteiger partial charge on any atom is 0.145 e. The first-order chi connectivity index (χ1) is 8.93. The fraction of sp³-hybridized carbons (Fsp3) is 0.812. The summed E-state index contributed by atoms with van der Waals surface area (Å²) in [6.45, 7) is 10.8. The van der Waals surface area contributed by atoms with Gasteiger partial charge in [0.1, 0.15) is 5.76 Å². The van der Waals surface area contributed by atoms with Gasteiger partial charge in [0, 0.05) is 11.0 Å². The molecule has 0 aliphatic heterocycles. The predicted octanol–water partition coefficient (Wildman–Crippen LogP) is 3.70. The number of aromatic nitrogens is 1. The molecule has 1 heterocycles. The summed E-state index contributed by atoms with van der Waals surface area (Å²) < 4.78 is 5.48. The molecule has 1 aromatic rings. The number of aliphatic hydroxyl groups is 1. The van der Waals surface area contributed by atoms with Crippen LogP contribution < -0.4 is 0 Å². The molecule has 0 bridgehead atoms. The summed E-state index contributed by atoms with van der Waals surface area (Å²) in [5.74, 6) is 1.65. The molecule has 0 saturated heterocycles. The molecule has 3 atom stereocenters. The Hall–Kier alpha value is -0.830. The molecule has 0 radical (unpaired) electrons. The van der Waals surface area contributed by atoms with E-state index < -0.39 is 0 Å². The van der Waals surface area contributed by atoms with Gasteiger partial charge in [-0.3, -0.25) is 0 Å². The molecular formula is C16H27NO2. The van der Waals surface area contributed by atoms with E-state index in [9.17, 15) is 5.11 Å². The Morgan fingerprint density at radius 2 is 1.95 bits per heavy atom. The van der Waals surface area contributed by atoms with E-state index in [4.69, 9.17) is 4.52 Å². The fourth-order valence-corrected chi connectivity index (χ4v) is 4.43. The summed E-state index contributed by atoms with van der Waals surface area (Å²) in [7, 11) is 0. The first-order valence-electron chi connectivity index (χ1n) is 7.55. The van der Waals surface area contributed by atoms with Crippen molar-refractivity contribution < 1.29 is 9.63 Å². The van der Waals surface area contributed by atoms with Crippen LogP contribution >= 0.6 is 0 Å². The van der Waals surface area contributed by atoms with Crippen molar-refractivity contribution >= 4 is 0 Å². The number of hydrogen-bond acceptors (Lipinski definition) is 3. The van der Waals surface area contributed by atoms with E-state index in [0.29, 0.717) is 5.92 Å². The van der Waals surface area contributed by atoms with E-state index in [1.807, 2.05) is 20.0 Å². The van der Waals surface area contributed by atoms with Crippen molar-refractivity contribution in [1.29, 1.82) is 0 Å². The van der Waals surface area contributed by atoms with Crippen LogP contribution in [0.1, 0.15) is 65.2 Å². The van der Waals surface area contributed by atoms with Gasteiger partial charge in [-0.05, 0) is 37.0 Å². The van der Waals surface area contributed by atoms with E-state index in [2.05, 4.69) is 25.9 Å². The Labute approximate surface area is 116 Å². The molecule has 3 nitrogen and oxygen atoms in total. The van der Waals surface area contributed by atoms with Crippen LogP contribution in [-0.2, 0) is 11.8 Å². The lowest BCUT2D eigenvalue weighted by Gasteiger charge is -2.53. The minimum atomic E-state index is -0.131. The third-order valence-corrected chi connectivity index (χ3v) is 5.03. The third kappa shape index (κ3) is 2.22. The molecule has 0 spiro atoms. The molecule has 3 unspecified atom stereocenters. The number of rotatable bonds is 0. The topological polar surface area (TPSA) is 46.3 Å². The minimum Gasteiger partial charge on any atom is -0.393 e. The van der Waals surface area contributed by atoms with Gasteiger partial charge in [-0.15, -0.1) is 0 Å². The molecule has 1 fully saturated rings. The average Bonchev–Trinajstić information content (AvgIpc) is 2.78. The third-order valence-electron chi connectivity index (χ3n) is 5.03. The first kappa shape index (κ1) is 14.6. The van der Waals surface area contributed by atoms with Gasteiger partial charge in [-0.25, -0.2) is 0 Å². The van der Waals surface area contributed by atoms with Gasteiger partial charge in [-0.1, -0.05) is 39.8 Å². The molecule has 2 aliphatic carbocycles. The van der Waals surface area contributed by atoms with E-state index in [1.54, 1.807) is 0 Å². The Bertz CT molecular complexity index is 438. The Morgan fingerprint density at radius 3 is 2.63 bits per heavy atom. The summed E-state index contributed by atoms with van der Waals surface area (Å²) in [6.07, 6.45) is 5.65. The Kier molecular flexibility index (Phi) is 3.78. The predicted molar refractivity (Wildman–Crippen MR) is 76.0 cm³/mol. The molecule has 1 aromatic heterocycles. The SMILES string of the molecule is CC.CC12Cc3cnoc3C(C)(C)C1CCC(O)C2. The lowest BCUT2D eigenvalue weighted by molar-refractivity contribution is -0.0323. The van der Waals surface area contributed by atoms with E-state index in [-0.39, 0.29) is 16.9 Å². The molecular weight excluding hydrogens is 238 g/mol. The molecule has 108 valence electrons. The van der Waals surface area contributed by atoms with Gasteiger partial charge in [-0.2, -0.15) is 0 Å². The van der Waals surface area contributed by atoms with Gasteiger partial charge in [0.05, 0.1) is 12.3 Å². The highest BCUT2D eigenvalue weighted by Gasteiger charge is 2.53. The van der Waals surface area contributed by atoms with Gasteiger partial charge in [0.15, 0.2) is 0 Å². The summed E-state index contributed by atoms with van der Waals surface area (Å²) in [5, 5.41) is 13.9. The van der Waals surface area contributed by atoms with Crippen molar-refractivity contribution in [3.8, 4) is 0 Å². The van der Waals surface area contributed by atoms with Crippen molar-refractivity contribution in [2.75, 3.05) is 0 Å². The van der Waals surface area contributed by atoms with E-state index in [0.717, 1.165) is 31.4 Å². The molecule has 0 amide bonds. The largest absolute Gasteiger partial charge is 0.393 e. The number of nitrogens with zero attached hydrogens (tertiary/aromatic N) is 1. The number of hydrogen-bond donors (Lipinski definition) is 1. The van der Waals surface area contributed by atoms with Crippen molar-refractivity contribution in [1.82, 2.24) is 5.16 Å². The van der Waals surface area contributed by atoms with Crippen LogP contribution in [-0.4, -0.2) is 16.4 Å². The van der Waals surface area contributed by atoms with Crippen molar-refractivity contribution in [3.63, 3.8) is 0 Å². The maximum absolute atomic E-state index is 9.94. The Morgan fingerprint density at radius 1 is 1.26 bits per heavy atom. The number of fused-ring (bicyclic) bond motifs is 2. The number of aliphatic hydroxyl groups excluding tert-OH is 1. The molecule has 19 heavy (non-hydrogen) atoms. The highest BCUT2D eigenvalue weighted by molar-refractivity contribution is 5.30. The quantitative estimate of drug-likeness (QED) is 0.778. The van der Waals surface area contributed by atoms with Crippen molar-refractivity contribution in [3.05, 3.63) is 17.5 Å². The van der Waals surface area contributed by atoms with Crippen LogP contribution in [0.2, 0.25) is 0 Å². The normalized spacial score (nSPS) is 35.7. The molecule has 3 rings (SSSR count). The molecule has 1 N–H and O–H groups in total. The zero-order valence-corrected chi connectivity index (χ0v) is 12.9. The van der Waals surface area contributed by atoms with Crippen LogP contribution in [0.3, 0.4) is 0 Å². The van der Waals surface area contributed by atoms with Crippen LogP contribution in [0.5, 0.6) is 0 Å². The first-order valence-corrected chi connectivity index (χ1v) is 7.55. The summed E-state index contributed by atoms with van der Waals surface area (Å²) >= 11 is 0. The lowest BCUT2D eigenvalue weighted by Crippen LogP contribution is -2.50. The van der Waals surface area contributed by atoms with E-state index >= 15 is 0 Å². The second-order valence-electron chi connectivity index (χ2n) is 6.72. The van der Waals surface area contributed by atoms with Crippen molar-refractivity contribution in [2.24, 2.45) is 11.3 Å².